The van der Waals surface area contributed by atoms with Gasteiger partial charge in [0.25, 0.3) is 5.56 Å². The van der Waals surface area contributed by atoms with Crippen LogP contribution in [-0.2, 0) is 6.54 Å². The van der Waals surface area contributed by atoms with Gasteiger partial charge in [0.05, 0.1) is 6.54 Å². The van der Waals surface area contributed by atoms with Crippen molar-refractivity contribution in [2.24, 2.45) is 5.73 Å². The molecule has 22 heavy (non-hydrogen) atoms. The number of likely N-dealkylation sites (tertiary alicyclic amines) is 1. The van der Waals surface area contributed by atoms with Gasteiger partial charge in [0, 0.05) is 17.8 Å². The number of hydrogen-bond donors (Lipinski definition) is 1. The fourth-order valence-corrected chi connectivity index (χ4v) is 3.96. The molecular weight excluding hydrogens is 322 g/mol. The Morgan fingerprint density at radius 2 is 2.27 bits per heavy atom. The Morgan fingerprint density at radius 3 is 3.05 bits per heavy atom. The maximum Gasteiger partial charge on any atom is 0.275 e. The summed E-state index contributed by atoms with van der Waals surface area (Å²) in [5, 5.41) is 5.38. The molecule has 2 aromatic heterocycles. The Bertz CT molecular complexity index is 683. The summed E-state index contributed by atoms with van der Waals surface area (Å²) in [5.41, 5.74) is 6.36. The molecule has 1 unspecified atom stereocenters. The third-order valence-electron chi connectivity index (χ3n) is 4.00. The lowest BCUT2D eigenvalue weighted by molar-refractivity contribution is 0.133. The average molecular weight is 344 g/mol. The van der Waals surface area contributed by atoms with Crippen molar-refractivity contribution in [1.82, 2.24) is 19.5 Å². The number of halogens is 1. The van der Waals surface area contributed by atoms with E-state index in [2.05, 4.69) is 15.0 Å². The van der Waals surface area contributed by atoms with Crippen molar-refractivity contribution in [1.29, 1.82) is 0 Å². The molecular formula is C14H22ClN5OS. The summed E-state index contributed by atoms with van der Waals surface area (Å²) < 4.78 is 1.41. The van der Waals surface area contributed by atoms with E-state index in [9.17, 15) is 4.79 Å². The maximum absolute atomic E-state index is 11.9. The van der Waals surface area contributed by atoms with E-state index in [1.165, 1.54) is 41.2 Å². The van der Waals surface area contributed by atoms with Crippen molar-refractivity contribution in [2.75, 3.05) is 13.1 Å². The first kappa shape index (κ1) is 17.3. The fourth-order valence-electron chi connectivity index (χ4n) is 2.99. The zero-order valence-electron chi connectivity index (χ0n) is 12.7. The van der Waals surface area contributed by atoms with Crippen LogP contribution >= 0.6 is 23.7 Å². The molecule has 1 saturated heterocycles. The number of fused-ring (bicyclic) bond motifs is 1. The third-order valence-corrected chi connectivity index (χ3v) is 4.90. The van der Waals surface area contributed by atoms with E-state index in [0.29, 0.717) is 11.0 Å². The van der Waals surface area contributed by atoms with E-state index in [1.807, 2.05) is 6.92 Å². The lowest BCUT2D eigenvalue weighted by atomic mass is 9.99. The standard InChI is InChI=1S/C14H21N5OS.ClH/c1-10-8-13(20)19-14(16-10)21-12(17-19)9-18-7-3-2-4-11(18)5-6-15;/h8,11H,2-7,9,15H2,1H3;1H. The summed E-state index contributed by atoms with van der Waals surface area (Å²) >= 11 is 1.51. The van der Waals surface area contributed by atoms with Gasteiger partial charge in [-0.1, -0.05) is 17.8 Å². The highest BCUT2D eigenvalue weighted by atomic mass is 35.5. The van der Waals surface area contributed by atoms with Crippen LogP contribution in [0.15, 0.2) is 10.9 Å². The predicted molar refractivity (Wildman–Crippen MR) is 90.8 cm³/mol. The van der Waals surface area contributed by atoms with Crippen LogP contribution in [0.1, 0.15) is 36.4 Å². The molecule has 8 heteroatoms. The maximum atomic E-state index is 11.9. The molecule has 0 spiro atoms. The second-order valence-electron chi connectivity index (χ2n) is 5.62. The van der Waals surface area contributed by atoms with Gasteiger partial charge in [-0.2, -0.15) is 9.61 Å². The van der Waals surface area contributed by atoms with Crippen molar-refractivity contribution in [3.63, 3.8) is 0 Å². The minimum Gasteiger partial charge on any atom is -0.330 e. The molecule has 0 aromatic carbocycles. The van der Waals surface area contributed by atoms with Crippen LogP contribution in [0.4, 0.5) is 0 Å². The number of nitrogens with two attached hydrogens (primary N) is 1. The minimum absolute atomic E-state index is 0. The number of nitrogens with zero attached hydrogens (tertiary/aromatic N) is 4. The van der Waals surface area contributed by atoms with Crippen LogP contribution in [-0.4, -0.2) is 38.6 Å². The molecule has 1 atom stereocenters. The predicted octanol–water partition coefficient (Wildman–Crippen LogP) is 1.58. The Kier molecular flexibility index (Phi) is 5.91. The molecule has 0 saturated carbocycles. The summed E-state index contributed by atoms with van der Waals surface area (Å²) in [6, 6.07) is 2.07. The lowest BCUT2D eigenvalue weighted by Gasteiger charge is -2.34. The van der Waals surface area contributed by atoms with E-state index in [1.54, 1.807) is 0 Å². The number of aromatic nitrogens is 3. The molecule has 2 N–H and O–H groups in total. The monoisotopic (exact) mass is 343 g/mol. The SMILES string of the molecule is Cc1cc(=O)n2nc(CN3CCCCC3CCN)sc2n1.Cl. The molecule has 6 nitrogen and oxygen atoms in total. The zero-order valence-corrected chi connectivity index (χ0v) is 14.3. The number of hydrogen-bond acceptors (Lipinski definition) is 6. The quantitative estimate of drug-likeness (QED) is 0.912. The molecule has 1 fully saturated rings. The lowest BCUT2D eigenvalue weighted by Crippen LogP contribution is -2.40. The summed E-state index contributed by atoms with van der Waals surface area (Å²) in [4.78, 5) is 19.4. The highest BCUT2D eigenvalue weighted by molar-refractivity contribution is 7.16. The largest absolute Gasteiger partial charge is 0.330 e. The first-order chi connectivity index (χ1) is 10.2. The van der Waals surface area contributed by atoms with Crippen LogP contribution in [0.5, 0.6) is 0 Å². The number of piperidine rings is 1. The van der Waals surface area contributed by atoms with Gasteiger partial charge in [0.15, 0.2) is 0 Å². The second kappa shape index (κ2) is 7.50. The first-order valence-corrected chi connectivity index (χ1v) is 8.29. The Labute approximate surface area is 139 Å². The molecule has 0 aliphatic carbocycles. The highest BCUT2D eigenvalue weighted by Gasteiger charge is 2.23. The molecule has 0 radical (unpaired) electrons. The number of aryl methyl sites for hydroxylation is 1. The first-order valence-electron chi connectivity index (χ1n) is 7.48. The molecule has 122 valence electrons. The Balaban J connectivity index is 0.00000176. The summed E-state index contributed by atoms with van der Waals surface area (Å²) in [5.74, 6) is 0. The van der Waals surface area contributed by atoms with E-state index in [4.69, 9.17) is 5.73 Å². The van der Waals surface area contributed by atoms with Crippen LogP contribution in [0.2, 0.25) is 0 Å². The van der Waals surface area contributed by atoms with Crippen molar-refractivity contribution >= 4 is 28.7 Å². The van der Waals surface area contributed by atoms with Gasteiger partial charge in [-0.15, -0.1) is 12.4 Å². The summed E-state index contributed by atoms with van der Waals surface area (Å²) in [6.45, 7) is 4.43. The fraction of sp³-hybridized carbons (Fsp3) is 0.643. The molecule has 3 heterocycles. The van der Waals surface area contributed by atoms with Crippen LogP contribution in [0.25, 0.3) is 4.96 Å². The Morgan fingerprint density at radius 1 is 1.45 bits per heavy atom. The molecule has 1 aliphatic rings. The van der Waals surface area contributed by atoms with Gasteiger partial charge in [-0.25, -0.2) is 4.98 Å². The molecule has 3 rings (SSSR count). The van der Waals surface area contributed by atoms with E-state index < -0.39 is 0 Å². The average Bonchev–Trinajstić information content (AvgIpc) is 2.84. The van der Waals surface area contributed by atoms with Crippen LogP contribution in [0, 0.1) is 6.92 Å². The van der Waals surface area contributed by atoms with Crippen LogP contribution < -0.4 is 11.3 Å². The zero-order chi connectivity index (χ0) is 14.8. The molecule has 0 amide bonds. The van der Waals surface area contributed by atoms with Gasteiger partial charge >= 0.3 is 0 Å². The molecule has 1 aliphatic heterocycles. The molecule has 2 aromatic rings. The number of rotatable bonds is 4. The second-order valence-corrected chi connectivity index (χ2v) is 6.66. The molecule has 0 bridgehead atoms. The summed E-state index contributed by atoms with van der Waals surface area (Å²) in [6.07, 6.45) is 4.74. The van der Waals surface area contributed by atoms with Gasteiger partial charge in [-0.05, 0) is 39.3 Å². The van der Waals surface area contributed by atoms with E-state index in [-0.39, 0.29) is 18.0 Å². The Hall–Kier alpha value is -1.02. The topological polar surface area (TPSA) is 76.5 Å². The van der Waals surface area contributed by atoms with Crippen LogP contribution in [0.3, 0.4) is 0 Å². The highest BCUT2D eigenvalue weighted by Crippen LogP contribution is 2.23. The van der Waals surface area contributed by atoms with Gasteiger partial charge < -0.3 is 5.73 Å². The van der Waals surface area contributed by atoms with Gasteiger partial charge in [-0.3, -0.25) is 9.69 Å². The smallest absolute Gasteiger partial charge is 0.275 e. The normalized spacial score (nSPS) is 19.3. The van der Waals surface area contributed by atoms with E-state index in [0.717, 1.165) is 36.8 Å². The summed E-state index contributed by atoms with van der Waals surface area (Å²) in [7, 11) is 0. The van der Waals surface area contributed by atoms with Gasteiger partial charge in [0.1, 0.15) is 5.01 Å². The van der Waals surface area contributed by atoms with Crippen molar-refractivity contribution in [2.45, 2.75) is 45.2 Å². The van der Waals surface area contributed by atoms with Crippen molar-refractivity contribution in [3.05, 3.63) is 27.1 Å². The van der Waals surface area contributed by atoms with E-state index >= 15 is 0 Å². The van der Waals surface area contributed by atoms with Crippen molar-refractivity contribution in [3.8, 4) is 0 Å². The van der Waals surface area contributed by atoms with Gasteiger partial charge in [0.2, 0.25) is 4.96 Å². The third kappa shape index (κ3) is 3.65. The van der Waals surface area contributed by atoms with Crippen molar-refractivity contribution < 1.29 is 0 Å². The minimum atomic E-state index is -0.0999.